The Balaban J connectivity index is 1.81. The van der Waals surface area contributed by atoms with Crippen molar-refractivity contribution in [2.24, 2.45) is 0 Å². The van der Waals surface area contributed by atoms with Crippen LogP contribution in [0.1, 0.15) is 24.0 Å². The van der Waals surface area contributed by atoms with E-state index in [4.69, 9.17) is 4.74 Å². The molecule has 0 saturated carbocycles. The zero-order chi connectivity index (χ0) is 18.4. The van der Waals surface area contributed by atoms with E-state index in [1.807, 2.05) is 32.0 Å². The Morgan fingerprint density at radius 1 is 1.28 bits per heavy atom. The lowest BCUT2D eigenvalue weighted by molar-refractivity contribution is -0.384. The Bertz CT molecular complexity index is 793. The van der Waals surface area contributed by atoms with Crippen molar-refractivity contribution in [2.75, 3.05) is 11.9 Å². The summed E-state index contributed by atoms with van der Waals surface area (Å²) in [6, 6.07) is 10.1. The maximum atomic E-state index is 12.0. The highest BCUT2D eigenvalue weighted by molar-refractivity contribution is 9.10. The number of amides is 1. The number of benzene rings is 2. The number of hydrogen-bond donors (Lipinski definition) is 1. The highest BCUT2D eigenvalue weighted by Gasteiger charge is 2.11. The fourth-order valence-electron chi connectivity index (χ4n) is 2.23. The minimum absolute atomic E-state index is 0.0354. The summed E-state index contributed by atoms with van der Waals surface area (Å²) in [5.74, 6) is 0.664. The molecule has 132 valence electrons. The van der Waals surface area contributed by atoms with Gasteiger partial charge in [0.2, 0.25) is 5.91 Å². The van der Waals surface area contributed by atoms with Crippen LogP contribution in [0, 0.1) is 24.0 Å². The normalized spacial score (nSPS) is 10.4. The third kappa shape index (κ3) is 5.29. The summed E-state index contributed by atoms with van der Waals surface area (Å²) in [5, 5.41) is 13.4. The number of rotatable bonds is 7. The quantitative estimate of drug-likeness (QED) is 0.407. The molecule has 2 aromatic rings. The number of ether oxygens (including phenoxy) is 1. The number of carbonyl (C=O) groups excluding carboxylic acids is 1. The Morgan fingerprint density at radius 2 is 2.04 bits per heavy atom. The molecule has 7 heteroatoms. The van der Waals surface area contributed by atoms with Crippen LogP contribution in [-0.4, -0.2) is 17.4 Å². The number of hydrogen-bond acceptors (Lipinski definition) is 4. The van der Waals surface area contributed by atoms with Crippen molar-refractivity contribution >= 4 is 33.2 Å². The highest BCUT2D eigenvalue weighted by Crippen LogP contribution is 2.27. The summed E-state index contributed by atoms with van der Waals surface area (Å²) in [7, 11) is 0. The van der Waals surface area contributed by atoms with Crippen molar-refractivity contribution in [1.29, 1.82) is 0 Å². The lowest BCUT2D eigenvalue weighted by Gasteiger charge is -2.11. The smallest absolute Gasteiger partial charge is 0.270 e. The minimum atomic E-state index is -0.485. The van der Waals surface area contributed by atoms with Crippen molar-refractivity contribution in [3.63, 3.8) is 0 Å². The molecule has 6 nitrogen and oxygen atoms in total. The first-order valence-electron chi connectivity index (χ1n) is 7.81. The molecule has 0 unspecified atom stereocenters. The van der Waals surface area contributed by atoms with E-state index in [9.17, 15) is 14.9 Å². The van der Waals surface area contributed by atoms with E-state index in [1.54, 1.807) is 0 Å². The largest absolute Gasteiger partial charge is 0.493 e. The molecule has 0 atom stereocenters. The van der Waals surface area contributed by atoms with Gasteiger partial charge in [0.25, 0.3) is 5.69 Å². The molecule has 0 saturated heterocycles. The standard InChI is InChI=1S/C18H19BrN2O4/c1-12-5-3-6-17(13(12)2)25-10-4-7-18(22)20-16-9-8-14(21(23)24)11-15(16)19/h3,5-6,8-9,11H,4,7,10H2,1-2H3,(H,20,22). The summed E-state index contributed by atoms with van der Waals surface area (Å²) in [6.07, 6.45) is 0.873. The van der Waals surface area contributed by atoms with Crippen LogP contribution in [-0.2, 0) is 4.79 Å². The Hall–Kier alpha value is -2.41. The van der Waals surface area contributed by atoms with Crippen molar-refractivity contribution in [2.45, 2.75) is 26.7 Å². The van der Waals surface area contributed by atoms with Crippen LogP contribution in [0.3, 0.4) is 0 Å². The van der Waals surface area contributed by atoms with Crippen LogP contribution in [0.5, 0.6) is 5.75 Å². The summed E-state index contributed by atoms with van der Waals surface area (Å²) in [5.41, 5.74) is 2.73. The molecule has 2 rings (SSSR count). The summed E-state index contributed by atoms with van der Waals surface area (Å²) < 4.78 is 6.19. The number of nitro groups is 1. The Labute approximate surface area is 154 Å². The van der Waals surface area contributed by atoms with Crippen molar-refractivity contribution < 1.29 is 14.5 Å². The predicted molar refractivity (Wildman–Crippen MR) is 100 cm³/mol. The second kappa shape index (κ2) is 8.62. The number of anilines is 1. The second-order valence-electron chi connectivity index (χ2n) is 5.62. The van der Waals surface area contributed by atoms with Gasteiger partial charge in [0.1, 0.15) is 5.75 Å². The zero-order valence-electron chi connectivity index (χ0n) is 14.0. The summed E-state index contributed by atoms with van der Waals surface area (Å²) >= 11 is 3.23. The maximum Gasteiger partial charge on any atom is 0.270 e. The van der Waals surface area contributed by atoms with Gasteiger partial charge in [0, 0.05) is 23.0 Å². The molecule has 0 aliphatic carbocycles. The number of non-ortho nitro benzene ring substituents is 1. The first kappa shape index (κ1) is 18.9. The van der Waals surface area contributed by atoms with Gasteiger partial charge < -0.3 is 10.1 Å². The molecule has 0 aliphatic heterocycles. The van der Waals surface area contributed by atoms with Crippen LogP contribution >= 0.6 is 15.9 Å². The van der Waals surface area contributed by atoms with Crippen molar-refractivity contribution in [3.8, 4) is 5.75 Å². The van der Waals surface area contributed by atoms with E-state index in [-0.39, 0.29) is 11.6 Å². The van der Waals surface area contributed by atoms with E-state index in [2.05, 4.69) is 21.2 Å². The van der Waals surface area contributed by atoms with Gasteiger partial charge in [-0.15, -0.1) is 0 Å². The van der Waals surface area contributed by atoms with Gasteiger partial charge in [0.15, 0.2) is 0 Å². The third-order valence-electron chi connectivity index (χ3n) is 3.80. The van der Waals surface area contributed by atoms with Crippen molar-refractivity contribution in [1.82, 2.24) is 0 Å². The van der Waals surface area contributed by atoms with Gasteiger partial charge in [-0.3, -0.25) is 14.9 Å². The predicted octanol–water partition coefficient (Wildman–Crippen LogP) is 4.77. The maximum absolute atomic E-state index is 12.0. The zero-order valence-corrected chi connectivity index (χ0v) is 15.6. The monoisotopic (exact) mass is 406 g/mol. The molecule has 1 amide bonds. The average Bonchev–Trinajstić information content (AvgIpc) is 2.57. The first-order chi connectivity index (χ1) is 11.9. The molecule has 0 heterocycles. The minimum Gasteiger partial charge on any atom is -0.493 e. The topological polar surface area (TPSA) is 81.5 Å². The fraction of sp³-hybridized carbons (Fsp3) is 0.278. The molecular weight excluding hydrogens is 388 g/mol. The van der Waals surface area contributed by atoms with Gasteiger partial charge in [-0.05, 0) is 59.5 Å². The molecular formula is C18H19BrN2O4. The van der Waals surface area contributed by atoms with Gasteiger partial charge in [0.05, 0.1) is 17.2 Å². The van der Waals surface area contributed by atoms with E-state index in [0.29, 0.717) is 29.6 Å². The molecule has 0 aromatic heterocycles. The number of nitro benzene ring substituents is 1. The summed E-state index contributed by atoms with van der Waals surface area (Å²) in [4.78, 5) is 22.2. The summed E-state index contributed by atoms with van der Waals surface area (Å²) in [6.45, 7) is 4.47. The third-order valence-corrected chi connectivity index (χ3v) is 4.45. The van der Waals surface area contributed by atoms with Crippen molar-refractivity contribution in [3.05, 3.63) is 62.1 Å². The highest BCUT2D eigenvalue weighted by atomic mass is 79.9. The first-order valence-corrected chi connectivity index (χ1v) is 8.60. The van der Waals surface area contributed by atoms with Gasteiger partial charge in [-0.1, -0.05) is 12.1 Å². The van der Waals surface area contributed by atoms with E-state index < -0.39 is 4.92 Å². The molecule has 0 spiro atoms. The molecule has 0 bridgehead atoms. The SMILES string of the molecule is Cc1cccc(OCCCC(=O)Nc2ccc([N+](=O)[O-])cc2Br)c1C. The molecule has 0 fully saturated rings. The van der Waals surface area contributed by atoms with Crippen LogP contribution in [0.25, 0.3) is 0 Å². The van der Waals surface area contributed by atoms with Crippen LogP contribution in [0.2, 0.25) is 0 Å². The van der Waals surface area contributed by atoms with Gasteiger partial charge >= 0.3 is 0 Å². The number of aryl methyl sites for hydroxylation is 1. The lowest BCUT2D eigenvalue weighted by atomic mass is 10.1. The van der Waals surface area contributed by atoms with Crippen LogP contribution in [0.4, 0.5) is 11.4 Å². The molecule has 2 aromatic carbocycles. The van der Waals surface area contributed by atoms with Crippen LogP contribution < -0.4 is 10.1 Å². The number of nitrogens with zero attached hydrogens (tertiary/aromatic N) is 1. The number of halogens is 1. The molecule has 25 heavy (non-hydrogen) atoms. The molecule has 0 radical (unpaired) electrons. The average molecular weight is 407 g/mol. The van der Waals surface area contributed by atoms with E-state index >= 15 is 0 Å². The molecule has 1 N–H and O–H groups in total. The molecule has 0 aliphatic rings. The van der Waals surface area contributed by atoms with Crippen LogP contribution in [0.15, 0.2) is 40.9 Å². The van der Waals surface area contributed by atoms with E-state index in [0.717, 1.165) is 11.3 Å². The second-order valence-corrected chi connectivity index (χ2v) is 6.47. The number of nitrogens with one attached hydrogen (secondary N) is 1. The van der Waals surface area contributed by atoms with Gasteiger partial charge in [-0.25, -0.2) is 0 Å². The van der Waals surface area contributed by atoms with Gasteiger partial charge in [-0.2, -0.15) is 0 Å². The Morgan fingerprint density at radius 3 is 2.72 bits per heavy atom. The number of carbonyl (C=O) groups is 1. The fourth-order valence-corrected chi connectivity index (χ4v) is 2.69. The Kier molecular flexibility index (Phi) is 6.52. The lowest BCUT2D eigenvalue weighted by Crippen LogP contribution is -2.13. The van der Waals surface area contributed by atoms with E-state index in [1.165, 1.54) is 23.8 Å².